The Labute approximate surface area is 115 Å². The van der Waals surface area contributed by atoms with Gasteiger partial charge in [-0.05, 0) is 41.7 Å². The summed E-state index contributed by atoms with van der Waals surface area (Å²) in [5, 5.41) is 0. The monoisotopic (exact) mass is 252 g/mol. The van der Waals surface area contributed by atoms with Gasteiger partial charge in [0.05, 0.1) is 7.11 Å². The maximum atomic E-state index is 5.16. The number of methoxy groups -OCH3 is 1. The molecule has 0 N–H and O–H groups in total. The van der Waals surface area contributed by atoms with Gasteiger partial charge in [0.15, 0.2) is 0 Å². The van der Waals surface area contributed by atoms with Crippen molar-refractivity contribution in [2.45, 2.75) is 19.8 Å². The third-order valence-electron chi connectivity index (χ3n) is 3.37. The molecule has 0 fully saturated rings. The summed E-state index contributed by atoms with van der Waals surface area (Å²) in [5.41, 5.74) is 3.92. The van der Waals surface area contributed by atoms with Gasteiger partial charge >= 0.3 is 0 Å². The van der Waals surface area contributed by atoms with E-state index in [0.717, 1.165) is 5.75 Å². The minimum atomic E-state index is 0.420. The Kier molecular flexibility index (Phi) is 4.40. The Balaban J connectivity index is 2.11. The topological polar surface area (TPSA) is 9.23 Å². The molecule has 0 aliphatic carbocycles. The molecule has 1 atom stereocenters. The zero-order valence-electron chi connectivity index (χ0n) is 11.8. The minimum Gasteiger partial charge on any atom is -0.497 e. The molecule has 0 unspecified atom stereocenters. The number of hydrogen-bond donors (Lipinski definition) is 0. The lowest BCUT2D eigenvalue weighted by atomic mass is 9.95. The van der Waals surface area contributed by atoms with Gasteiger partial charge in [0.2, 0.25) is 0 Å². The van der Waals surface area contributed by atoms with E-state index < -0.39 is 0 Å². The van der Waals surface area contributed by atoms with Crippen molar-refractivity contribution in [1.29, 1.82) is 0 Å². The first-order valence-corrected chi connectivity index (χ1v) is 6.58. The summed E-state index contributed by atoms with van der Waals surface area (Å²) >= 11 is 0. The van der Waals surface area contributed by atoms with E-state index >= 15 is 0 Å². The molecule has 0 spiro atoms. The Morgan fingerprint density at radius 2 is 1.68 bits per heavy atom. The molecule has 0 heterocycles. The largest absolute Gasteiger partial charge is 0.497 e. The molecule has 2 aromatic rings. The molecule has 0 aromatic heterocycles. The van der Waals surface area contributed by atoms with Gasteiger partial charge in [-0.15, -0.1) is 0 Å². The van der Waals surface area contributed by atoms with E-state index in [-0.39, 0.29) is 0 Å². The maximum absolute atomic E-state index is 5.16. The van der Waals surface area contributed by atoms with Crippen LogP contribution in [0.4, 0.5) is 0 Å². The van der Waals surface area contributed by atoms with Gasteiger partial charge in [-0.1, -0.05) is 55.5 Å². The van der Waals surface area contributed by atoms with Crippen LogP contribution in [-0.4, -0.2) is 7.11 Å². The van der Waals surface area contributed by atoms with Crippen molar-refractivity contribution in [2.24, 2.45) is 0 Å². The molecule has 19 heavy (non-hydrogen) atoms. The number of aryl methyl sites for hydroxylation is 1. The van der Waals surface area contributed by atoms with E-state index in [2.05, 4.69) is 62.4 Å². The van der Waals surface area contributed by atoms with Gasteiger partial charge in [-0.2, -0.15) is 0 Å². The molecule has 0 saturated carbocycles. The van der Waals surface area contributed by atoms with Crippen LogP contribution in [0.3, 0.4) is 0 Å². The molecule has 0 amide bonds. The van der Waals surface area contributed by atoms with E-state index in [0.29, 0.717) is 5.92 Å². The molecule has 2 rings (SSSR count). The van der Waals surface area contributed by atoms with Crippen LogP contribution in [0.1, 0.15) is 29.5 Å². The van der Waals surface area contributed by atoms with Gasteiger partial charge in [-0.3, -0.25) is 0 Å². The van der Waals surface area contributed by atoms with Crippen molar-refractivity contribution in [3.05, 3.63) is 71.3 Å². The average molecular weight is 252 g/mol. The Bertz CT molecular complexity index is 552. The lowest BCUT2D eigenvalue weighted by Crippen LogP contribution is -1.92. The lowest BCUT2D eigenvalue weighted by molar-refractivity contribution is 0.415. The normalized spacial score (nSPS) is 12.6. The van der Waals surface area contributed by atoms with Crippen molar-refractivity contribution in [2.75, 3.05) is 7.11 Å². The van der Waals surface area contributed by atoms with Gasteiger partial charge in [0.25, 0.3) is 0 Å². The zero-order chi connectivity index (χ0) is 13.7. The summed E-state index contributed by atoms with van der Waals surface area (Å²) in [6.07, 6.45) is 4.40. The van der Waals surface area contributed by atoms with Crippen LogP contribution in [0.15, 0.2) is 54.6 Å². The van der Waals surface area contributed by atoms with E-state index in [1.165, 1.54) is 16.7 Å². The molecule has 0 radical (unpaired) electrons. The molecule has 0 saturated heterocycles. The third kappa shape index (κ3) is 3.47. The fourth-order valence-corrected chi connectivity index (χ4v) is 2.17. The van der Waals surface area contributed by atoms with Crippen LogP contribution in [-0.2, 0) is 0 Å². The summed E-state index contributed by atoms with van der Waals surface area (Å²) in [6.45, 7) is 4.38. The standard InChI is InChI=1S/C18H20O/c1-14-6-4-5-7-18(14)15(2)8-9-16-10-12-17(19-3)13-11-16/h4-13,15H,1-3H3/b9-8+/t15-/m0/s1. The highest BCUT2D eigenvalue weighted by molar-refractivity contribution is 5.52. The molecule has 0 bridgehead atoms. The first-order valence-electron chi connectivity index (χ1n) is 6.58. The lowest BCUT2D eigenvalue weighted by Gasteiger charge is -2.10. The molecular formula is C18H20O. The van der Waals surface area contributed by atoms with Gasteiger partial charge in [0, 0.05) is 0 Å². The quantitative estimate of drug-likeness (QED) is 0.758. The minimum absolute atomic E-state index is 0.420. The van der Waals surface area contributed by atoms with Crippen LogP contribution in [0.2, 0.25) is 0 Å². The molecule has 2 aromatic carbocycles. The second-order valence-electron chi connectivity index (χ2n) is 4.78. The molecule has 0 aliphatic heterocycles. The van der Waals surface area contributed by atoms with Crippen LogP contribution in [0.25, 0.3) is 6.08 Å². The summed E-state index contributed by atoms with van der Waals surface area (Å²) in [6, 6.07) is 16.6. The number of hydrogen-bond acceptors (Lipinski definition) is 1. The molecule has 98 valence electrons. The third-order valence-corrected chi connectivity index (χ3v) is 3.37. The van der Waals surface area contributed by atoms with E-state index in [9.17, 15) is 0 Å². The average Bonchev–Trinajstić information content (AvgIpc) is 2.46. The summed E-state index contributed by atoms with van der Waals surface area (Å²) in [7, 11) is 1.69. The van der Waals surface area contributed by atoms with E-state index in [4.69, 9.17) is 4.74 Å². The molecule has 1 heteroatoms. The molecule has 1 nitrogen and oxygen atoms in total. The molecular weight excluding hydrogens is 232 g/mol. The summed E-state index contributed by atoms with van der Waals surface area (Å²) < 4.78 is 5.16. The summed E-state index contributed by atoms with van der Waals surface area (Å²) in [5.74, 6) is 1.31. The summed E-state index contributed by atoms with van der Waals surface area (Å²) in [4.78, 5) is 0. The predicted molar refractivity (Wildman–Crippen MR) is 81.6 cm³/mol. The number of benzene rings is 2. The van der Waals surface area contributed by atoms with Crippen molar-refractivity contribution >= 4 is 6.08 Å². The van der Waals surface area contributed by atoms with E-state index in [1.54, 1.807) is 7.11 Å². The molecule has 0 aliphatic rings. The van der Waals surface area contributed by atoms with Crippen molar-refractivity contribution in [1.82, 2.24) is 0 Å². The number of ether oxygens (including phenoxy) is 1. The highest BCUT2D eigenvalue weighted by Crippen LogP contribution is 2.21. The SMILES string of the molecule is COc1ccc(/C=C/[C@H](C)c2ccccc2C)cc1. The van der Waals surface area contributed by atoms with Gasteiger partial charge in [-0.25, -0.2) is 0 Å². The van der Waals surface area contributed by atoms with Gasteiger partial charge < -0.3 is 4.74 Å². The Morgan fingerprint density at radius 1 is 1.00 bits per heavy atom. The highest BCUT2D eigenvalue weighted by Gasteiger charge is 2.03. The van der Waals surface area contributed by atoms with Crippen LogP contribution in [0, 0.1) is 6.92 Å². The first-order chi connectivity index (χ1) is 9.20. The zero-order valence-corrected chi connectivity index (χ0v) is 11.8. The Morgan fingerprint density at radius 3 is 2.32 bits per heavy atom. The smallest absolute Gasteiger partial charge is 0.118 e. The maximum Gasteiger partial charge on any atom is 0.118 e. The van der Waals surface area contributed by atoms with Crippen molar-refractivity contribution in [3.63, 3.8) is 0 Å². The van der Waals surface area contributed by atoms with Gasteiger partial charge in [0.1, 0.15) is 5.75 Å². The second kappa shape index (κ2) is 6.24. The number of rotatable bonds is 4. The second-order valence-corrected chi connectivity index (χ2v) is 4.78. The fourth-order valence-electron chi connectivity index (χ4n) is 2.17. The van der Waals surface area contributed by atoms with Crippen LogP contribution < -0.4 is 4.74 Å². The van der Waals surface area contributed by atoms with Crippen molar-refractivity contribution < 1.29 is 4.74 Å². The number of allylic oxidation sites excluding steroid dienone is 1. The van der Waals surface area contributed by atoms with Crippen LogP contribution in [0.5, 0.6) is 5.75 Å². The Hall–Kier alpha value is -2.02. The predicted octanol–water partition coefficient (Wildman–Crippen LogP) is 4.82. The first kappa shape index (κ1) is 13.4. The van der Waals surface area contributed by atoms with E-state index in [1.807, 2.05) is 12.1 Å². The highest BCUT2D eigenvalue weighted by atomic mass is 16.5. The van der Waals surface area contributed by atoms with Crippen molar-refractivity contribution in [3.8, 4) is 5.75 Å². The fraction of sp³-hybridized carbons (Fsp3) is 0.222. The van der Waals surface area contributed by atoms with Crippen LogP contribution >= 0.6 is 0 Å².